The molecule has 2 heteroatoms. The van der Waals surface area contributed by atoms with Gasteiger partial charge in [0.25, 0.3) is 0 Å². The molecular weight excluding hydrogens is 256 g/mol. The van der Waals surface area contributed by atoms with Crippen LogP contribution in [-0.2, 0) is 0 Å². The van der Waals surface area contributed by atoms with E-state index in [2.05, 4.69) is 32.6 Å². The largest absolute Gasteiger partial charge is 0.326 e. The molecule has 4 aliphatic carbocycles. The molecule has 2 nitrogen and oxygen atoms in total. The molecule has 0 aromatic rings. The maximum atomic E-state index is 6.85. The van der Waals surface area contributed by atoms with Crippen molar-refractivity contribution in [2.24, 2.45) is 34.8 Å². The van der Waals surface area contributed by atoms with Crippen LogP contribution in [0.15, 0.2) is 0 Å². The molecule has 0 aromatic heterocycles. The zero-order valence-electron chi connectivity index (χ0n) is 14.6. The summed E-state index contributed by atoms with van der Waals surface area (Å²) in [6.45, 7) is 11.6. The van der Waals surface area contributed by atoms with Crippen LogP contribution in [-0.4, -0.2) is 30.1 Å². The average Bonchev–Trinajstić information content (AvgIpc) is 2.35. The van der Waals surface area contributed by atoms with Crippen molar-refractivity contribution >= 4 is 0 Å². The van der Waals surface area contributed by atoms with Gasteiger partial charge in [0.2, 0.25) is 0 Å². The van der Waals surface area contributed by atoms with E-state index in [9.17, 15) is 0 Å². The molecule has 122 valence electrons. The molecule has 0 aliphatic heterocycles. The van der Waals surface area contributed by atoms with E-state index in [0.717, 1.165) is 30.2 Å². The van der Waals surface area contributed by atoms with Gasteiger partial charge in [-0.05, 0) is 81.5 Å². The van der Waals surface area contributed by atoms with Crippen LogP contribution in [0.1, 0.15) is 66.2 Å². The molecule has 0 heterocycles. The lowest BCUT2D eigenvalue weighted by molar-refractivity contribution is -0.0730. The molecule has 4 saturated carbocycles. The van der Waals surface area contributed by atoms with Crippen molar-refractivity contribution in [3.63, 3.8) is 0 Å². The molecule has 4 fully saturated rings. The Kier molecular flexibility index (Phi) is 4.40. The van der Waals surface area contributed by atoms with E-state index in [1.807, 2.05) is 0 Å². The predicted octanol–water partition coefficient (Wildman–Crippen LogP) is 3.90. The first kappa shape index (κ1) is 15.8. The number of hydrogen-bond donors (Lipinski definition) is 1. The van der Waals surface area contributed by atoms with Crippen molar-refractivity contribution in [2.75, 3.05) is 13.1 Å². The van der Waals surface area contributed by atoms with E-state index in [0.29, 0.717) is 17.5 Å². The molecule has 0 spiro atoms. The molecule has 4 aliphatic rings. The van der Waals surface area contributed by atoms with Gasteiger partial charge in [-0.25, -0.2) is 0 Å². The van der Waals surface area contributed by atoms with E-state index >= 15 is 0 Å². The summed E-state index contributed by atoms with van der Waals surface area (Å²) in [6.07, 6.45) is 8.87. The fraction of sp³-hybridized carbons (Fsp3) is 1.00. The summed E-state index contributed by atoms with van der Waals surface area (Å²) in [5, 5.41) is 0. The fourth-order valence-corrected chi connectivity index (χ4v) is 6.04. The third-order valence-electron chi connectivity index (χ3n) is 6.63. The Balaban J connectivity index is 1.68. The van der Waals surface area contributed by atoms with Gasteiger partial charge in [0.05, 0.1) is 0 Å². The monoisotopic (exact) mass is 292 g/mol. The highest BCUT2D eigenvalue weighted by Crippen LogP contribution is 2.61. The summed E-state index contributed by atoms with van der Waals surface area (Å²) in [7, 11) is 0. The van der Waals surface area contributed by atoms with Crippen LogP contribution >= 0.6 is 0 Å². The molecule has 0 radical (unpaired) electrons. The zero-order valence-corrected chi connectivity index (χ0v) is 14.6. The maximum Gasteiger partial charge on any atom is 0.0225 e. The molecule has 0 aromatic carbocycles. The summed E-state index contributed by atoms with van der Waals surface area (Å²) in [4.78, 5) is 2.63. The van der Waals surface area contributed by atoms with Gasteiger partial charge in [-0.15, -0.1) is 0 Å². The lowest BCUT2D eigenvalue weighted by Crippen LogP contribution is -2.58. The molecule has 0 amide bonds. The smallest absolute Gasteiger partial charge is 0.0225 e. The summed E-state index contributed by atoms with van der Waals surface area (Å²) in [6, 6.07) is 1.01. The Morgan fingerprint density at radius 3 is 1.76 bits per heavy atom. The Hall–Kier alpha value is -0.0800. The van der Waals surface area contributed by atoms with Gasteiger partial charge in [0, 0.05) is 25.2 Å². The predicted molar refractivity (Wildman–Crippen MR) is 90.1 cm³/mol. The Bertz CT molecular complexity index is 325. The van der Waals surface area contributed by atoms with E-state index in [1.54, 1.807) is 0 Å². The third-order valence-corrected chi connectivity index (χ3v) is 6.63. The molecule has 21 heavy (non-hydrogen) atoms. The van der Waals surface area contributed by atoms with Gasteiger partial charge in [-0.3, -0.25) is 4.90 Å². The minimum Gasteiger partial charge on any atom is -0.326 e. The summed E-state index contributed by atoms with van der Waals surface area (Å²) in [5.41, 5.74) is 7.34. The first-order valence-electron chi connectivity index (χ1n) is 9.37. The van der Waals surface area contributed by atoms with Crippen molar-refractivity contribution in [2.45, 2.75) is 78.3 Å². The summed E-state index contributed by atoms with van der Waals surface area (Å²) in [5.74, 6) is 3.77. The minimum atomic E-state index is 0.395. The van der Waals surface area contributed by atoms with Crippen LogP contribution in [0.3, 0.4) is 0 Å². The number of hydrogen-bond acceptors (Lipinski definition) is 2. The maximum absolute atomic E-state index is 6.85. The molecule has 1 unspecified atom stereocenters. The topological polar surface area (TPSA) is 29.3 Å². The first-order chi connectivity index (χ1) is 9.88. The van der Waals surface area contributed by atoms with Crippen LogP contribution < -0.4 is 5.73 Å². The lowest BCUT2D eigenvalue weighted by atomic mass is 9.48. The Morgan fingerprint density at radius 1 is 0.905 bits per heavy atom. The second kappa shape index (κ2) is 5.85. The van der Waals surface area contributed by atoms with Gasteiger partial charge >= 0.3 is 0 Å². The van der Waals surface area contributed by atoms with Crippen molar-refractivity contribution in [3.05, 3.63) is 0 Å². The second-order valence-electron chi connectivity index (χ2n) is 9.33. The van der Waals surface area contributed by atoms with Crippen LogP contribution in [0.5, 0.6) is 0 Å². The first-order valence-corrected chi connectivity index (χ1v) is 9.37. The molecule has 2 N–H and O–H groups in total. The average molecular weight is 293 g/mol. The highest BCUT2D eigenvalue weighted by molar-refractivity contribution is 5.06. The van der Waals surface area contributed by atoms with Gasteiger partial charge < -0.3 is 5.73 Å². The summed E-state index contributed by atoms with van der Waals surface area (Å²) >= 11 is 0. The van der Waals surface area contributed by atoms with E-state index in [1.165, 1.54) is 45.1 Å². The molecule has 1 atom stereocenters. The molecule has 4 bridgehead atoms. The van der Waals surface area contributed by atoms with Crippen LogP contribution in [0, 0.1) is 29.1 Å². The van der Waals surface area contributed by atoms with E-state index < -0.39 is 0 Å². The second-order valence-corrected chi connectivity index (χ2v) is 9.33. The fourth-order valence-electron chi connectivity index (χ4n) is 6.04. The third kappa shape index (κ3) is 3.17. The minimum absolute atomic E-state index is 0.395. The van der Waals surface area contributed by atoms with E-state index in [4.69, 9.17) is 5.73 Å². The summed E-state index contributed by atoms with van der Waals surface area (Å²) < 4.78 is 0. The standard InChI is InChI=1S/C19H36N2/c1-13(2)11-21(14(3)4)12-18(20)19-8-15-5-16(9-19)7-17(6-15)10-19/h13-18H,5-12,20H2,1-4H3. The zero-order chi connectivity index (χ0) is 15.2. The normalized spacial score (nSPS) is 39.7. The highest BCUT2D eigenvalue weighted by atomic mass is 15.2. The van der Waals surface area contributed by atoms with Crippen LogP contribution in [0.4, 0.5) is 0 Å². The van der Waals surface area contributed by atoms with Crippen molar-refractivity contribution in [3.8, 4) is 0 Å². The van der Waals surface area contributed by atoms with Crippen molar-refractivity contribution in [1.82, 2.24) is 4.90 Å². The number of rotatable bonds is 6. The van der Waals surface area contributed by atoms with Gasteiger partial charge in [-0.2, -0.15) is 0 Å². The van der Waals surface area contributed by atoms with Crippen molar-refractivity contribution in [1.29, 1.82) is 0 Å². The molecule has 4 rings (SSSR count). The highest BCUT2D eigenvalue weighted by Gasteiger charge is 2.53. The number of nitrogens with two attached hydrogens (primary N) is 1. The lowest BCUT2D eigenvalue weighted by Gasteiger charge is -2.59. The van der Waals surface area contributed by atoms with Gasteiger partial charge in [0.15, 0.2) is 0 Å². The van der Waals surface area contributed by atoms with Crippen LogP contribution in [0.2, 0.25) is 0 Å². The number of nitrogens with zero attached hydrogens (tertiary/aromatic N) is 1. The van der Waals surface area contributed by atoms with Gasteiger partial charge in [0.1, 0.15) is 0 Å². The molecule has 0 saturated heterocycles. The molecular formula is C19H36N2. The van der Waals surface area contributed by atoms with Crippen LogP contribution in [0.25, 0.3) is 0 Å². The SMILES string of the molecule is CC(C)CN(CC(N)C12CC3CC(CC(C3)C1)C2)C(C)C. The van der Waals surface area contributed by atoms with E-state index in [-0.39, 0.29) is 0 Å². The van der Waals surface area contributed by atoms with Crippen molar-refractivity contribution < 1.29 is 0 Å². The van der Waals surface area contributed by atoms with Gasteiger partial charge in [-0.1, -0.05) is 13.8 Å². The Labute approximate surface area is 131 Å². The Morgan fingerprint density at radius 2 is 1.38 bits per heavy atom. The quantitative estimate of drug-likeness (QED) is 0.804.